The molecule has 0 saturated heterocycles. The van der Waals surface area contributed by atoms with Gasteiger partial charge in [-0.15, -0.1) is 6.42 Å². The number of carbonyl (C=O) groups is 2. The lowest BCUT2D eigenvalue weighted by molar-refractivity contribution is -0.147. The summed E-state index contributed by atoms with van der Waals surface area (Å²) >= 11 is 12.2. The van der Waals surface area contributed by atoms with Crippen molar-refractivity contribution in [3.63, 3.8) is 0 Å². The molecular weight excluding hydrogens is 415 g/mol. The molecule has 1 aromatic rings. The first-order valence-corrected chi connectivity index (χ1v) is 9.36. The van der Waals surface area contributed by atoms with Gasteiger partial charge in [-0.05, 0) is 37.7 Å². The summed E-state index contributed by atoms with van der Waals surface area (Å²) in [7, 11) is 0. The molecule has 0 radical (unpaired) electrons. The topological polar surface area (TPSA) is 66.8 Å². The van der Waals surface area contributed by atoms with Gasteiger partial charge in [0.25, 0.3) is 0 Å². The highest BCUT2D eigenvalue weighted by atomic mass is 35.5. The summed E-state index contributed by atoms with van der Waals surface area (Å²) in [5.74, 6) is -1.01. The summed E-state index contributed by atoms with van der Waals surface area (Å²) in [5, 5.41) is 9.59. The minimum absolute atomic E-state index is 0.0771. The molecule has 1 aliphatic carbocycles. The van der Waals surface area contributed by atoms with Crippen LogP contribution in [0.4, 0.5) is 14.5 Å². The first-order valence-electron chi connectivity index (χ1n) is 8.61. The summed E-state index contributed by atoms with van der Waals surface area (Å²) in [4.78, 5) is 25.8. The number of amides is 1. The van der Waals surface area contributed by atoms with Crippen LogP contribution in [0.15, 0.2) is 12.1 Å². The molecule has 152 valence electrons. The molecule has 1 amide bonds. The van der Waals surface area contributed by atoms with Gasteiger partial charge in [0.15, 0.2) is 0 Å². The largest absolute Gasteiger partial charge is 0.479 e. The number of hydrogen-bond donors (Lipinski definition) is 1. The number of carbonyl (C=O) groups excluding carboxylic acids is 1. The summed E-state index contributed by atoms with van der Waals surface area (Å²) in [6.45, 7) is -1.72. The number of rotatable bonds is 6. The van der Waals surface area contributed by atoms with E-state index in [1.54, 1.807) is 0 Å². The van der Waals surface area contributed by atoms with E-state index in [-0.39, 0.29) is 21.7 Å². The van der Waals surface area contributed by atoms with Crippen molar-refractivity contribution in [2.45, 2.75) is 51.2 Å². The molecule has 1 unspecified atom stereocenters. The smallest absolute Gasteiger partial charge is 0.387 e. The quantitative estimate of drug-likeness (QED) is 0.642. The van der Waals surface area contributed by atoms with Crippen LogP contribution in [0, 0.1) is 18.3 Å². The SMILES string of the molecule is C#CC(=O)N(c1cc(Cl)c(OC(F)F)cc1Cl)C(C)(C(=O)O)C1CCCCC1. The summed E-state index contributed by atoms with van der Waals surface area (Å²) < 4.78 is 29.3. The van der Waals surface area contributed by atoms with Crippen LogP contribution in [0.2, 0.25) is 10.0 Å². The highest BCUT2D eigenvalue weighted by Gasteiger charge is 2.50. The Morgan fingerprint density at radius 2 is 1.89 bits per heavy atom. The Hall–Kier alpha value is -2.04. The first-order chi connectivity index (χ1) is 13.1. The van der Waals surface area contributed by atoms with E-state index in [0.717, 1.165) is 36.3 Å². The average molecular weight is 434 g/mol. The molecule has 1 saturated carbocycles. The van der Waals surface area contributed by atoms with Crippen LogP contribution in [0.1, 0.15) is 39.0 Å². The summed E-state index contributed by atoms with van der Waals surface area (Å²) in [5.41, 5.74) is -1.77. The van der Waals surface area contributed by atoms with E-state index in [1.807, 2.05) is 5.92 Å². The monoisotopic (exact) mass is 433 g/mol. The molecule has 0 bridgehead atoms. The number of ether oxygens (including phenoxy) is 1. The second kappa shape index (κ2) is 8.97. The van der Waals surface area contributed by atoms with E-state index >= 15 is 0 Å². The average Bonchev–Trinajstić information content (AvgIpc) is 2.65. The van der Waals surface area contributed by atoms with Crippen molar-refractivity contribution >= 4 is 40.8 Å². The molecule has 5 nitrogen and oxygen atoms in total. The Morgan fingerprint density at radius 1 is 1.29 bits per heavy atom. The minimum Gasteiger partial charge on any atom is -0.479 e. The van der Waals surface area contributed by atoms with Crippen molar-refractivity contribution in [2.24, 2.45) is 5.92 Å². The second-order valence-electron chi connectivity index (χ2n) is 6.69. The molecule has 28 heavy (non-hydrogen) atoms. The number of alkyl halides is 2. The Labute approximate surface area is 171 Å². The lowest BCUT2D eigenvalue weighted by Crippen LogP contribution is -2.60. The van der Waals surface area contributed by atoms with Crippen LogP contribution in [0.3, 0.4) is 0 Å². The normalized spacial score (nSPS) is 16.9. The van der Waals surface area contributed by atoms with Gasteiger partial charge in [-0.1, -0.05) is 42.5 Å². The van der Waals surface area contributed by atoms with Crippen molar-refractivity contribution < 1.29 is 28.2 Å². The lowest BCUT2D eigenvalue weighted by atomic mass is 9.74. The summed E-state index contributed by atoms with van der Waals surface area (Å²) in [6, 6.07) is 2.12. The van der Waals surface area contributed by atoms with Crippen LogP contribution < -0.4 is 9.64 Å². The molecule has 1 atom stereocenters. The van der Waals surface area contributed by atoms with E-state index in [4.69, 9.17) is 29.6 Å². The zero-order chi connectivity index (χ0) is 21.1. The molecule has 9 heteroatoms. The van der Waals surface area contributed by atoms with Crippen LogP contribution in [-0.2, 0) is 9.59 Å². The zero-order valence-electron chi connectivity index (χ0n) is 15.1. The van der Waals surface area contributed by atoms with Crippen LogP contribution in [0.25, 0.3) is 0 Å². The number of hydrogen-bond acceptors (Lipinski definition) is 3. The highest BCUT2D eigenvalue weighted by Crippen LogP contribution is 2.44. The van der Waals surface area contributed by atoms with Gasteiger partial charge in [0.1, 0.15) is 11.3 Å². The van der Waals surface area contributed by atoms with E-state index in [0.29, 0.717) is 12.8 Å². The van der Waals surface area contributed by atoms with E-state index in [1.165, 1.54) is 6.92 Å². The van der Waals surface area contributed by atoms with Gasteiger partial charge in [0, 0.05) is 6.07 Å². The van der Waals surface area contributed by atoms with Gasteiger partial charge in [0.2, 0.25) is 0 Å². The van der Waals surface area contributed by atoms with Gasteiger partial charge in [-0.2, -0.15) is 8.78 Å². The molecular formula is C19H19Cl2F2NO4. The van der Waals surface area contributed by atoms with Gasteiger partial charge < -0.3 is 9.84 Å². The molecule has 0 aromatic heterocycles. The fraction of sp³-hybridized carbons (Fsp3) is 0.474. The van der Waals surface area contributed by atoms with Crippen LogP contribution in [-0.4, -0.2) is 29.1 Å². The Bertz CT molecular complexity index is 806. The third-order valence-corrected chi connectivity index (χ3v) is 5.68. The number of nitrogens with zero attached hydrogens (tertiary/aromatic N) is 1. The molecule has 1 N–H and O–H groups in total. The maximum absolute atomic E-state index is 12.6. The van der Waals surface area contributed by atoms with Gasteiger partial charge >= 0.3 is 18.5 Å². The number of halogens is 4. The predicted octanol–water partition coefficient (Wildman–Crippen LogP) is 4.98. The molecule has 1 aliphatic rings. The third-order valence-electron chi connectivity index (χ3n) is 5.08. The zero-order valence-corrected chi connectivity index (χ0v) is 16.6. The number of aliphatic carboxylic acids is 1. The Balaban J connectivity index is 2.63. The van der Waals surface area contributed by atoms with Crippen LogP contribution >= 0.6 is 23.2 Å². The summed E-state index contributed by atoms with van der Waals surface area (Å²) in [6.07, 6.45) is 9.09. The second-order valence-corrected chi connectivity index (χ2v) is 7.50. The van der Waals surface area contributed by atoms with Crippen molar-refractivity contribution in [1.82, 2.24) is 0 Å². The number of anilines is 1. The molecule has 1 aromatic carbocycles. The van der Waals surface area contributed by atoms with Crippen molar-refractivity contribution in [2.75, 3.05) is 4.90 Å². The highest BCUT2D eigenvalue weighted by molar-refractivity contribution is 6.37. The van der Waals surface area contributed by atoms with E-state index in [2.05, 4.69) is 4.74 Å². The van der Waals surface area contributed by atoms with Gasteiger partial charge in [-0.25, -0.2) is 4.79 Å². The van der Waals surface area contributed by atoms with Crippen LogP contribution in [0.5, 0.6) is 5.75 Å². The van der Waals surface area contributed by atoms with Crippen molar-refractivity contribution in [3.05, 3.63) is 22.2 Å². The van der Waals surface area contributed by atoms with Gasteiger partial charge in [-0.3, -0.25) is 9.69 Å². The molecule has 0 heterocycles. The van der Waals surface area contributed by atoms with Crippen molar-refractivity contribution in [3.8, 4) is 18.1 Å². The molecule has 0 aliphatic heterocycles. The molecule has 2 rings (SSSR count). The van der Waals surface area contributed by atoms with Gasteiger partial charge in [0.05, 0.1) is 15.7 Å². The Kier molecular flexibility index (Phi) is 7.13. The number of carboxylic acid groups (broad SMARTS) is 1. The molecule has 1 fully saturated rings. The maximum Gasteiger partial charge on any atom is 0.387 e. The Morgan fingerprint density at radius 3 is 2.39 bits per heavy atom. The van der Waals surface area contributed by atoms with Crippen molar-refractivity contribution in [1.29, 1.82) is 0 Å². The van der Waals surface area contributed by atoms with E-state index < -0.39 is 29.8 Å². The fourth-order valence-corrected chi connectivity index (χ4v) is 4.07. The lowest BCUT2D eigenvalue weighted by Gasteiger charge is -2.44. The molecule has 0 spiro atoms. The third kappa shape index (κ3) is 4.34. The van der Waals surface area contributed by atoms with E-state index in [9.17, 15) is 23.5 Å². The minimum atomic E-state index is -3.13. The predicted molar refractivity (Wildman–Crippen MR) is 102 cm³/mol. The number of carboxylic acids is 1. The number of benzene rings is 1. The standard InChI is InChI=1S/C19H19Cl2F2NO4/c1-3-16(25)24(19(2,17(26)27)11-7-5-4-6-8-11)14-9-13(21)15(10-12(14)20)28-18(22)23/h1,9-11,18H,4-8H2,2H3,(H,26,27). The maximum atomic E-state index is 12.6. The number of terminal acetylenes is 1. The fourth-order valence-electron chi connectivity index (χ4n) is 3.63. The first kappa shape index (κ1) is 22.3.